The van der Waals surface area contributed by atoms with Gasteiger partial charge < -0.3 is 15.0 Å². The van der Waals surface area contributed by atoms with E-state index < -0.39 is 0 Å². The molecule has 1 heterocycles. The molecule has 0 aliphatic carbocycles. The molecule has 0 aliphatic heterocycles. The molecule has 2 N–H and O–H groups in total. The summed E-state index contributed by atoms with van der Waals surface area (Å²) in [5, 5.41) is 12.2. The molecule has 0 aliphatic rings. The van der Waals surface area contributed by atoms with Crippen LogP contribution in [-0.2, 0) is 6.54 Å². The first-order valence-corrected chi connectivity index (χ1v) is 5.53. The van der Waals surface area contributed by atoms with Crippen molar-refractivity contribution in [2.75, 3.05) is 11.9 Å². The first-order chi connectivity index (χ1) is 7.60. The van der Waals surface area contributed by atoms with Gasteiger partial charge in [-0.1, -0.05) is 13.8 Å². The summed E-state index contributed by atoms with van der Waals surface area (Å²) in [4.78, 5) is 15.8. The van der Waals surface area contributed by atoms with Gasteiger partial charge in [0.1, 0.15) is 0 Å². The van der Waals surface area contributed by atoms with Gasteiger partial charge in [0.25, 0.3) is 5.56 Å². The van der Waals surface area contributed by atoms with Crippen molar-refractivity contribution < 1.29 is 5.11 Å². The lowest BCUT2D eigenvalue weighted by molar-refractivity contribution is 0.249. The van der Waals surface area contributed by atoms with Crippen LogP contribution in [0, 0.1) is 5.92 Å². The summed E-state index contributed by atoms with van der Waals surface area (Å²) in [5.41, 5.74) is -0.149. The molecule has 90 valence electrons. The van der Waals surface area contributed by atoms with E-state index >= 15 is 0 Å². The number of anilines is 1. The number of rotatable bonds is 5. The predicted octanol–water partition coefficient (Wildman–Crippen LogP) is 0.692. The monoisotopic (exact) mass is 225 g/mol. The van der Waals surface area contributed by atoms with Gasteiger partial charge in [0, 0.05) is 18.9 Å². The smallest absolute Gasteiger partial charge is 0.293 e. The van der Waals surface area contributed by atoms with E-state index in [1.54, 1.807) is 17.0 Å². The van der Waals surface area contributed by atoms with E-state index in [4.69, 9.17) is 0 Å². The van der Waals surface area contributed by atoms with E-state index in [9.17, 15) is 9.90 Å². The lowest BCUT2D eigenvalue weighted by atomic mass is 10.1. The molecule has 0 radical (unpaired) electrons. The molecular formula is C11H19N3O2. The minimum atomic E-state index is -0.149. The maximum Gasteiger partial charge on any atom is 0.293 e. The summed E-state index contributed by atoms with van der Waals surface area (Å²) >= 11 is 0. The van der Waals surface area contributed by atoms with Gasteiger partial charge in [0.05, 0.1) is 12.6 Å². The molecule has 1 rings (SSSR count). The van der Waals surface area contributed by atoms with Crippen molar-refractivity contribution in [1.29, 1.82) is 0 Å². The van der Waals surface area contributed by atoms with Crippen molar-refractivity contribution in [2.24, 2.45) is 5.92 Å². The Labute approximate surface area is 95.1 Å². The van der Waals surface area contributed by atoms with E-state index in [1.165, 1.54) is 0 Å². The molecule has 0 spiro atoms. The highest BCUT2D eigenvalue weighted by Crippen LogP contribution is 2.06. The molecule has 0 saturated heterocycles. The van der Waals surface area contributed by atoms with Gasteiger partial charge in [-0.3, -0.25) is 4.79 Å². The SMILES string of the molecule is CCn1ccnc(N[C@H](CO)C(C)C)c1=O. The molecule has 1 aromatic rings. The second kappa shape index (κ2) is 5.65. The third-order valence-corrected chi connectivity index (χ3v) is 2.58. The fourth-order valence-corrected chi connectivity index (χ4v) is 1.39. The molecule has 5 nitrogen and oxygen atoms in total. The summed E-state index contributed by atoms with van der Waals surface area (Å²) in [6.07, 6.45) is 3.23. The zero-order valence-electron chi connectivity index (χ0n) is 9.97. The number of aryl methyl sites for hydroxylation is 1. The normalized spacial score (nSPS) is 12.8. The minimum Gasteiger partial charge on any atom is -0.394 e. The molecule has 1 aromatic heterocycles. The quantitative estimate of drug-likeness (QED) is 0.773. The summed E-state index contributed by atoms with van der Waals surface area (Å²) in [6, 6.07) is -0.145. The van der Waals surface area contributed by atoms with Gasteiger partial charge in [-0.25, -0.2) is 4.98 Å². The van der Waals surface area contributed by atoms with Crippen molar-refractivity contribution in [3.63, 3.8) is 0 Å². The second-order valence-electron chi connectivity index (χ2n) is 4.04. The maximum atomic E-state index is 11.8. The van der Waals surface area contributed by atoms with Crippen LogP contribution in [0.25, 0.3) is 0 Å². The number of aliphatic hydroxyl groups is 1. The van der Waals surface area contributed by atoms with Crippen LogP contribution in [0.2, 0.25) is 0 Å². The predicted molar refractivity (Wildman–Crippen MR) is 63.5 cm³/mol. The van der Waals surface area contributed by atoms with Gasteiger partial charge in [-0.2, -0.15) is 0 Å². The largest absolute Gasteiger partial charge is 0.394 e. The third kappa shape index (κ3) is 2.82. The number of hydrogen-bond donors (Lipinski definition) is 2. The number of aliphatic hydroxyl groups excluding tert-OH is 1. The average molecular weight is 225 g/mol. The fraction of sp³-hybridized carbons (Fsp3) is 0.636. The standard InChI is InChI=1S/C11H19N3O2/c1-4-14-6-5-12-10(11(14)16)13-9(7-15)8(2)3/h5-6,8-9,15H,4,7H2,1-3H3,(H,12,13)/t9-/m1/s1. The molecule has 1 atom stereocenters. The van der Waals surface area contributed by atoms with Crippen molar-refractivity contribution in [3.8, 4) is 0 Å². The Balaban J connectivity index is 2.93. The number of nitrogens with one attached hydrogen (secondary N) is 1. The van der Waals surface area contributed by atoms with Crippen molar-refractivity contribution in [3.05, 3.63) is 22.7 Å². The second-order valence-corrected chi connectivity index (χ2v) is 4.04. The van der Waals surface area contributed by atoms with Crippen LogP contribution in [0.15, 0.2) is 17.2 Å². The fourth-order valence-electron chi connectivity index (χ4n) is 1.39. The highest BCUT2D eigenvalue weighted by molar-refractivity contribution is 5.32. The summed E-state index contributed by atoms with van der Waals surface area (Å²) < 4.78 is 1.57. The molecule has 16 heavy (non-hydrogen) atoms. The molecule has 0 aromatic carbocycles. The van der Waals surface area contributed by atoms with Crippen LogP contribution in [-0.4, -0.2) is 27.3 Å². The Bertz CT molecular complexity index is 387. The molecular weight excluding hydrogens is 206 g/mol. The van der Waals surface area contributed by atoms with Crippen LogP contribution in [0.4, 0.5) is 5.82 Å². The van der Waals surface area contributed by atoms with Crippen LogP contribution in [0.5, 0.6) is 0 Å². The zero-order chi connectivity index (χ0) is 12.1. The lowest BCUT2D eigenvalue weighted by Crippen LogP contribution is -2.34. The van der Waals surface area contributed by atoms with E-state index in [0.717, 1.165) is 0 Å². The molecule has 0 saturated carbocycles. The number of nitrogens with zero attached hydrogens (tertiary/aromatic N) is 2. The van der Waals surface area contributed by atoms with Gasteiger partial charge in [0.15, 0.2) is 5.82 Å². The zero-order valence-corrected chi connectivity index (χ0v) is 9.97. The van der Waals surface area contributed by atoms with E-state index in [2.05, 4.69) is 10.3 Å². The highest BCUT2D eigenvalue weighted by atomic mass is 16.3. The maximum absolute atomic E-state index is 11.8. The van der Waals surface area contributed by atoms with Crippen LogP contribution in [0.1, 0.15) is 20.8 Å². The van der Waals surface area contributed by atoms with Crippen LogP contribution < -0.4 is 10.9 Å². The van der Waals surface area contributed by atoms with Gasteiger partial charge in [0.2, 0.25) is 0 Å². The Morgan fingerprint density at radius 1 is 1.56 bits per heavy atom. The van der Waals surface area contributed by atoms with E-state index in [1.807, 2.05) is 20.8 Å². The molecule has 0 bridgehead atoms. The van der Waals surface area contributed by atoms with Crippen molar-refractivity contribution >= 4 is 5.82 Å². The Kier molecular flexibility index (Phi) is 4.49. The summed E-state index contributed by atoms with van der Waals surface area (Å²) in [5.74, 6) is 0.540. The third-order valence-electron chi connectivity index (χ3n) is 2.58. The summed E-state index contributed by atoms with van der Waals surface area (Å²) in [7, 11) is 0. The van der Waals surface area contributed by atoms with E-state index in [0.29, 0.717) is 12.4 Å². The molecule has 0 fully saturated rings. The first kappa shape index (κ1) is 12.7. The van der Waals surface area contributed by atoms with E-state index in [-0.39, 0.29) is 24.1 Å². The van der Waals surface area contributed by atoms with Crippen LogP contribution >= 0.6 is 0 Å². The Hall–Kier alpha value is -1.36. The molecule has 5 heteroatoms. The molecule has 0 amide bonds. The topological polar surface area (TPSA) is 67.2 Å². The number of aromatic nitrogens is 2. The minimum absolute atomic E-state index is 0.0141. The Morgan fingerprint density at radius 3 is 2.75 bits per heavy atom. The van der Waals surface area contributed by atoms with Gasteiger partial charge >= 0.3 is 0 Å². The average Bonchev–Trinajstić information content (AvgIpc) is 2.27. The molecule has 0 unspecified atom stereocenters. The lowest BCUT2D eigenvalue weighted by Gasteiger charge is -2.20. The number of hydrogen-bond acceptors (Lipinski definition) is 4. The van der Waals surface area contributed by atoms with Gasteiger partial charge in [-0.05, 0) is 12.8 Å². The van der Waals surface area contributed by atoms with Crippen LogP contribution in [0.3, 0.4) is 0 Å². The Morgan fingerprint density at radius 2 is 2.25 bits per heavy atom. The first-order valence-electron chi connectivity index (χ1n) is 5.53. The van der Waals surface area contributed by atoms with Gasteiger partial charge in [-0.15, -0.1) is 0 Å². The van der Waals surface area contributed by atoms with Crippen molar-refractivity contribution in [1.82, 2.24) is 9.55 Å². The highest BCUT2D eigenvalue weighted by Gasteiger charge is 2.14. The van der Waals surface area contributed by atoms with Crippen molar-refractivity contribution in [2.45, 2.75) is 33.4 Å². The summed E-state index contributed by atoms with van der Waals surface area (Å²) in [6.45, 7) is 6.46.